The van der Waals surface area contributed by atoms with Crippen molar-refractivity contribution >= 4 is 22.4 Å². The molecule has 1 amide bonds. The summed E-state index contributed by atoms with van der Waals surface area (Å²) < 4.78 is 0. The number of nitrogens with two attached hydrogens (primary N) is 1. The molecule has 1 fully saturated rings. The second-order valence-electron chi connectivity index (χ2n) is 4.83. The molecule has 0 saturated carbocycles. The minimum absolute atomic E-state index is 0.0322. The van der Waals surface area contributed by atoms with Gasteiger partial charge in [0, 0.05) is 31.9 Å². The first-order chi connectivity index (χ1) is 9.25. The molecule has 4 heteroatoms. The first kappa shape index (κ1) is 12.0. The average molecular weight is 255 g/mol. The Morgan fingerprint density at radius 1 is 1.11 bits per heavy atom. The number of carbonyl (C=O) groups excluding carboxylic acids is 1. The van der Waals surface area contributed by atoms with E-state index in [1.807, 2.05) is 41.3 Å². The number of benzene rings is 2. The van der Waals surface area contributed by atoms with Gasteiger partial charge < -0.3 is 16.0 Å². The summed E-state index contributed by atoms with van der Waals surface area (Å²) in [6.45, 7) is 3.18. The van der Waals surface area contributed by atoms with Crippen LogP contribution in [0.3, 0.4) is 0 Å². The van der Waals surface area contributed by atoms with Crippen LogP contribution in [0.4, 0.5) is 5.69 Å². The van der Waals surface area contributed by atoms with Crippen LogP contribution >= 0.6 is 0 Å². The Balaban J connectivity index is 1.99. The third-order valence-electron chi connectivity index (χ3n) is 3.55. The standard InChI is InChI=1S/C15H17N3O/c16-14-10-12-4-2-1-3-11(12)9-13(14)15(19)18-7-5-17-6-8-18/h1-4,9-10,17H,5-8,16H2. The predicted molar refractivity (Wildman–Crippen MR) is 77.1 cm³/mol. The SMILES string of the molecule is Nc1cc2ccccc2cc1C(=O)N1CCNCC1. The molecule has 1 aliphatic heterocycles. The van der Waals surface area contributed by atoms with Gasteiger partial charge in [0.25, 0.3) is 5.91 Å². The van der Waals surface area contributed by atoms with Crippen LogP contribution in [0.5, 0.6) is 0 Å². The van der Waals surface area contributed by atoms with Crippen LogP contribution in [0.1, 0.15) is 10.4 Å². The van der Waals surface area contributed by atoms with Gasteiger partial charge in [0.05, 0.1) is 5.56 Å². The Kier molecular flexibility index (Phi) is 3.09. The van der Waals surface area contributed by atoms with Crippen molar-refractivity contribution in [3.63, 3.8) is 0 Å². The van der Waals surface area contributed by atoms with Gasteiger partial charge in [0.15, 0.2) is 0 Å². The maximum atomic E-state index is 12.5. The number of carbonyl (C=O) groups is 1. The van der Waals surface area contributed by atoms with Gasteiger partial charge in [0.1, 0.15) is 0 Å². The molecular weight excluding hydrogens is 238 g/mol. The third-order valence-corrected chi connectivity index (χ3v) is 3.55. The van der Waals surface area contributed by atoms with Crippen molar-refractivity contribution < 1.29 is 4.79 Å². The zero-order chi connectivity index (χ0) is 13.2. The Hall–Kier alpha value is -2.07. The molecule has 4 nitrogen and oxygen atoms in total. The monoisotopic (exact) mass is 255 g/mol. The van der Waals surface area contributed by atoms with E-state index in [1.165, 1.54) is 0 Å². The number of rotatable bonds is 1. The van der Waals surface area contributed by atoms with E-state index < -0.39 is 0 Å². The summed E-state index contributed by atoms with van der Waals surface area (Å²) in [6, 6.07) is 11.7. The van der Waals surface area contributed by atoms with Gasteiger partial charge in [-0.3, -0.25) is 4.79 Å². The molecule has 0 radical (unpaired) electrons. The lowest BCUT2D eigenvalue weighted by Gasteiger charge is -2.28. The van der Waals surface area contributed by atoms with E-state index >= 15 is 0 Å². The van der Waals surface area contributed by atoms with Crippen molar-refractivity contribution in [2.24, 2.45) is 0 Å². The smallest absolute Gasteiger partial charge is 0.256 e. The maximum absolute atomic E-state index is 12.5. The van der Waals surface area contributed by atoms with Gasteiger partial charge >= 0.3 is 0 Å². The number of nitrogen functional groups attached to an aromatic ring is 1. The molecule has 3 N–H and O–H groups in total. The Morgan fingerprint density at radius 3 is 2.42 bits per heavy atom. The molecule has 0 aromatic heterocycles. The molecule has 1 saturated heterocycles. The number of piperazine rings is 1. The van der Waals surface area contributed by atoms with Crippen LogP contribution in [-0.4, -0.2) is 37.0 Å². The van der Waals surface area contributed by atoms with Crippen LogP contribution in [0.2, 0.25) is 0 Å². The van der Waals surface area contributed by atoms with Crippen LogP contribution in [0.15, 0.2) is 36.4 Å². The number of hydrogen-bond donors (Lipinski definition) is 2. The van der Waals surface area contributed by atoms with Crippen molar-refractivity contribution in [2.75, 3.05) is 31.9 Å². The minimum atomic E-state index is 0.0322. The number of hydrogen-bond acceptors (Lipinski definition) is 3. The van der Waals surface area contributed by atoms with Crippen molar-refractivity contribution in [1.82, 2.24) is 10.2 Å². The third kappa shape index (κ3) is 2.27. The maximum Gasteiger partial charge on any atom is 0.256 e. The first-order valence-electron chi connectivity index (χ1n) is 6.54. The Morgan fingerprint density at radius 2 is 1.74 bits per heavy atom. The molecule has 1 aliphatic rings. The second-order valence-corrected chi connectivity index (χ2v) is 4.83. The van der Waals surface area contributed by atoms with Crippen molar-refractivity contribution in [3.8, 4) is 0 Å². The summed E-state index contributed by atoms with van der Waals surface area (Å²) in [5.41, 5.74) is 7.20. The molecule has 1 heterocycles. The molecular formula is C15H17N3O. The summed E-state index contributed by atoms with van der Waals surface area (Å²) in [5, 5.41) is 5.36. The Bertz CT molecular complexity index is 618. The molecule has 2 aromatic rings. The van der Waals surface area contributed by atoms with Crippen LogP contribution in [-0.2, 0) is 0 Å². The number of anilines is 1. The van der Waals surface area contributed by atoms with E-state index in [9.17, 15) is 4.79 Å². The van der Waals surface area contributed by atoms with E-state index in [2.05, 4.69) is 5.32 Å². The van der Waals surface area contributed by atoms with Gasteiger partial charge in [-0.1, -0.05) is 24.3 Å². The highest BCUT2D eigenvalue weighted by Crippen LogP contribution is 2.23. The fourth-order valence-corrected chi connectivity index (χ4v) is 2.48. The second kappa shape index (κ2) is 4.90. The topological polar surface area (TPSA) is 58.4 Å². The van der Waals surface area contributed by atoms with Gasteiger partial charge in [-0.2, -0.15) is 0 Å². The minimum Gasteiger partial charge on any atom is -0.398 e. The molecule has 19 heavy (non-hydrogen) atoms. The quantitative estimate of drug-likeness (QED) is 0.759. The average Bonchev–Trinajstić information content (AvgIpc) is 2.47. The van der Waals surface area contributed by atoms with E-state index in [0.717, 1.165) is 37.0 Å². The van der Waals surface area contributed by atoms with Gasteiger partial charge in [-0.05, 0) is 22.9 Å². The van der Waals surface area contributed by atoms with E-state index in [4.69, 9.17) is 5.73 Å². The summed E-state index contributed by atoms with van der Waals surface area (Å²) >= 11 is 0. The van der Waals surface area contributed by atoms with Gasteiger partial charge in [-0.25, -0.2) is 0 Å². The number of fused-ring (bicyclic) bond motifs is 1. The van der Waals surface area contributed by atoms with Crippen molar-refractivity contribution in [2.45, 2.75) is 0 Å². The highest BCUT2D eigenvalue weighted by Gasteiger charge is 2.20. The molecule has 0 aliphatic carbocycles. The first-order valence-corrected chi connectivity index (χ1v) is 6.54. The summed E-state index contributed by atoms with van der Waals surface area (Å²) in [6.07, 6.45) is 0. The largest absolute Gasteiger partial charge is 0.398 e. The zero-order valence-electron chi connectivity index (χ0n) is 10.7. The fourth-order valence-electron chi connectivity index (χ4n) is 2.48. The molecule has 3 rings (SSSR count). The summed E-state index contributed by atoms with van der Waals surface area (Å²) in [4.78, 5) is 14.3. The molecule has 0 unspecified atom stereocenters. The lowest BCUT2D eigenvalue weighted by molar-refractivity contribution is 0.0737. The van der Waals surface area contributed by atoms with Crippen molar-refractivity contribution in [3.05, 3.63) is 42.0 Å². The van der Waals surface area contributed by atoms with Gasteiger partial charge in [0.2, 0.25) is 0 Å². The lowest BCUT2D eigenvalue weighted by atomic mass is 10.0. The number of nitrogens with zero attached hydrogens (tertiary/aromatic N) is 1. The van der Waals surface area contributed by atoms with E-state index in [1.54, 1.807) is 0 Å². The molecule has 0 bridgehead atoms. The molecule has 98 valence electrons. The molecule has 0 spiro atoms. The summed E-state index contributed by atoms with van der Waals surface area (Å²) in [7, 11) is 0. The van der Waals surface area contributed by atoms with E-state index in [-0.39, 0.29) is 5.91 Å². The zero-order valence-corrected chi connectivity index (χ0v) is 10.7. The molecule has 0 atom stereocenters. The molecule has 2 aromatic carbocycles. The van der Waals surface area contributed by atoms with Crippen LogP contribution < -0.4 is 11.1 Å². The number of nitrogens with one attached hydrogen (secondary N) is 1. The summed E-state index contributed by atoms with van der Waals surface area (Å²) in [5.74, 6) is 0.0322. The highest BCUT2D eigenvalue weighted by molar-refractivity contribution is 6.03. The predicted octanol–water partition coefficient (Wildman–Crippen LogP) is 1.47. The number of amides is 1. The fraction of sp³-hybridized carbons (Fsp3) is 0.267. The normalized spacial score (nSPS) is 15.7. The van der Waals surface area contributed by atoms with E-state index in [0.29, 0.717) is 11.3 Å². The van der Waals surface area contributed by atoms with Crippen molar-refractivity contribution in [1.29, 1.82) is 0 Å². The highest BCUT2D eigenvalue weighted by atomic mass is 16.2. The van der Waals surface area contributed by atoms with Gasteiger partial charge in [-0.15, -0.1) is 0 Å². The van der Waals surface area contributed by atoms with Crippen LogP contribution in [0.25, 0.3) is 10.8 Å². The Labute approximate surface area is 112 Å². The lowest BCUT2D eigenvalue weighted by Crippen LogP contribution is -2.46. The van der Waals surface area contributed by atoms with Crippen LogP contribution in [0, 0.1) is 0 Å².